The predicted octanol–water partition coefficient (Wildman–Crippen LogP) is 6.12. The maximum absolute atomic E-state index is 16.1. The molecular formula is C29H33F2N5O2. The van der Waals surface area contributed by atoms with E-state index < -0.39 is 12.1 Å². The molecule has 0 amide bonds. The fraction of sp³-hybridized carbons (Fsp3) is 0.517. The average molecular weight is 522 g/mol. The molecule has 2 bridgehead atoms. The number of pyridine rings is 1. The van der Waals surface area contributed by atoms with Crippen LogP contribution < -0.4 is 9.64 Å². The number of methoxy groups -OCH3 is 1. The molecular weight excluding hydrogens is 488 g/mol. The lowest BCUT2D eigenvalue weighted by atomic mass is 9.54. The minimum atomic E-state index is -0.922. The Balaban J connectivity index is 1.27. The number of hydrogen-bond donors (Lipinski definition) is 1. The molecule has 3 fully saturated rings. The standard InChI is InChI=1S/C29H33F2N5O2/c1-28-9-4-10-29(2,16-28)25(30)21(13-28)36(19-6-7-19)24-15-33-27(35-34-24)20-8-5-17(11-22(20)37)18-12-23(38-3)26(31)32-14-18/h5,8,11-12,14-15,19,21,25,37H,4,6-7,9-10,13,16H2,1-3H3/t21-,25-,28-,29-/m1/s1. The molecule has 0 aliphatic heterocycles. The Labute approximate surface area is 221 Å². The molecule has 0 radical (unpaired) electrons. The van der Waals surface area contributed by atoms with E-state index in [9.17, 15) is 9.50 Å². The first-order valence-electron chi connectivity index (χ1n) is 13.4. The number of benzene rings is 1. The second-order valence-corrected chi connectivity index (χ2v) is 11.9. The van der Waals surface area contributed by atoms with Gasteiger partial charge in [-0.15, -0.1) is 10.2 Å². The SMILES string of the molecule is COc1cc(-c2ccc(-c3ncc(N(C4CC4)[C@@H]4C[C@@]5(C)CCC[C@](C)(C5)[C@@H]4F)nn3)c(O)c2)cnc1F. The van der Waals surface area contributed by atoms with Gasteiger partial charge in [0.05, 0.1) is 24.9 Å². The van der Waals surface area contributed by atoms with E-state index in [4.69, 9.17) is 4.74 Å². The highest BCUT2D eigenvalue weighted by atomic mass is 19.1. The Kier molecular flexibility index (Phi) is 6.00. The first kappa shape index (κ1) is 24.9. The molecule has 1 N–H and O–H groups in total. The number of nitrogens with zero attached hydrogens (tertiary/aromatic N) is 5. The minimum Gasteiger partial charge on any atom is -0.507 e. The van der Waals surface area contributed by atoms with Crippen LogP contribution in [0.5, 0.6) is 11.5 Å². The Morgan fingerprint density at radius 1 is 1.05 bits per heavy atom. The van der Waals surface area contributed by atoms with E-state index in [-0.39, 0.29) is 40.2 Å². The summed E-state index contributed by atoms with van der Waals surface area (Å²) in [5.74, 6) is 0.158. The molecule has 9 heteroatoms. The summed E-state index contributed by atoms with van der Waals surface area (Å²) in [6.45, 7) is 4.43. The van der Waals surface area contributed by atoms with Crippen molar-refractivity contribution in [2.24, 2.45) is 10.8 Å². The number of hydrogen-bond acceptors (Lipinski definition) is 7. The fourth-order valence-electron chi connectivity index (χ4n) is 6.91. The first-order valence-corrected chi connectivity index (χ1v) is 13.4. The molecule has 0 spiro atoms. The molecule has 4 atom stereocenters. The predicted molar refractivity (Wildman–Crippen MR) is 140 cm³/mol. The Morgan fingerprint density at radius 2 is 1.87 bits per heavy atom. The van der Waals surface area contributed by atoms with Gasteiger partial charge in [-0.2, -0.15) is 4.39 Å². The zero-order valence-corrected chi connectivity index (χ0v) is 22.0. The summed E-state index contributed by atoms with van der Waals surface area (Å²) in [6.07, 6.45) is 9.07. The van der Waals surface area contributed by atoms with Gasteiger partial charge in [-0.1, -0.05) is 26.3 Å². The van der Waals surface area contributed by atoms with Crippen molar-refractivity contribution in [1.82, 2.24) is 20.2 Å². The topological polar surface area (TPSA) is 84.3 Å². The molecule has 200 valence electrons. The van der Waals surface area contributed by atoms with Crippen LogP contribution in [-0.2, 0) is 0 Å². The molecule has 3 saturated carbocycles. The molecule has 2 heterocycles. The zero-order chi connectivity index (χ0) is 26.7. The third kappa shape index (κ3) is 4.35. The van der Waals surface area contributed by atoms with Crippen LogP contribution >= 0.6 is 0 Å². The normalized spacial score (nSPS) is 28.7. The maximum Gasteiger partial charge on any atom is 0.255 e. The summed E-state index contributed by atoms with van der Waals surface area (Å²) in [4.78, 5) is 10.4. The number of phenols is 1. The summed E-state index contributed by atoms with van der Waals surface area (Å²) in [5, 5.41) is 19.6. The van der Waals surface area contributed by atoms with Gasteiger partial charge in [0.1, 0.15) is 11.9 Å². The number of alkyl halides is 1. The highest BCUT2D eigenvalue weighted by molar-refractivity contribution is 5.73. The fourth-order valence-corrected chi connectivity index (χ4v) is 6.91. The van der Waals surface area contributed by atoms with E-state index in [1.165, 1.54) is 19.4 Å². The molecule has 1 aromatic carbocycles. The van der Waals surface area contributed by atoms with Gasteiger partial charge in [0.25, 0.3) is 5.95 Å². The van der Waals surface area contributed by atoms with Crippen LogP contribution in [0.2, 0.25) is 0 Å². The molecule has 7 nitrogen and oxygen atoms in total. The van der Waals surface area contributed by atoms with Crippen LogP contribution in [0, 0.1) is 16.8 Å². The lowest BCUT2D eigenvalue weighted by Crippen LogP contribution is -2.58. The van der Waals surface area contributed by atoms with Crippen molar-refractivity contribution in [3.63, 3.8) is 0 Å². The monoisotopic (exact) mass is 521 g/mol. The summed E-state index contributed by atoms with van der Waals surface area (Å²) >= 11 is 0. The molecule has 6 rings (SSSR count). The summed E-state index contributed by atoms with van der Waals surface area (Å²) < 4.78 is 34.8. The second-order valence-electron chi connectivity index (χ2n) is 11.9. The van der Waals surface area contributed by atoms with Gasteiger partial charge in [-0.25, -0.2) is 14.4 Å². The molecule has 2 aromatic heterocycles. The molecule has 3 aliphatic rings. The van der Waals surface area contributed by atoms with Gasteiger partial charge in [0.2, 0.25) is 0 Å². The Bertz CT molecular complexity index is 1350. The Hall–Kier alpha value is -3.36. The van der Waals surface area contributed by atoms with Crippen molar-refractivity contribution in [1.29, 1.82) is 0 Å². The van der Waals surface area contributed by atoms with Crippen LogP contribution in [0.15, 0.2) is 36.7 Å². The van der Waals surface area contributed by atoms with Crippen LogP contribution in [0.25, 0.3) is 22.5 Å². The van der Waals surface area contributed by atoms with Crippen molar-refractivity contribution in [3.05, 3.63) is 42.6 Å². The highest BCUT2D eigenvalue weighted by Crippen LogP contribution is 2.58. The highest BCUT2D eigenvalue weighted by Gasteiger charge is 2.56. The van der Waals surface area contributed by atoms with Crippen molar-refractivity contribution in [2.75, 3.05) is 12.0 Å². The number of ether oxygens (including phenoxy) is 1. The first-order chi connectivity index (χ1) is 18.2. The lowest BCUT2D eigenvalue weighted by molar-refractivity contribution is -0.0554. The quantitative estimate of drug-likeness (QED) is 0.391. The van der Waals surface area contributed by atoms with Gasteiger partial charge >= 0.3 is 0 Å². The van der Waals surface area contributed by atoms with Crippen molar-refractivity contribution in [3.8, 4) is 34.0 Å². The maximum atomic E-state index is 16.1. The molecule has 3 aromatic rings. The lowest BCUT2D eigenvalue weighted by Gasteiger charge is -2.56. The molecule has 0 unspecified atom stereocenters. The minimum absolute atomic E-state index is 0.0227. The second kappa shape index (κ2) is 9.13. The number of aromatic nitrogens is 4. The smallest absolute Gasteiger partial charge is 0.255 e. The number of halogens is 2. The third-order valence-corrected chi connectivity index (χ3v) is 8.77. The summed E-state index contributed by atoms with van der Waals surface area (Å²) in [6, 6.07) is 6.56. The summed E-state index contributed by atoms with van der Waals surface area (Å²) in [7, 11) is 1.37. The van der Waals surface area contributed by atoms with E-state index >= 15 is 4.39 Å². The van der Waals surface area contributed by atoms with Crippen LogP contribution in [0.4, 0.5) is 14.6 Å². The number of phenolic OH excluding ortho intramolecular Hbond substituents is 1. The van der Waals surface area contributed by atoms with Crippen molar-refractivity contribution >= 4 is 5.82 Å². The average Bonchev–Trinajstić information content (AvgIpc) is 3.73. The number of fused-ring (bicyclic) bond motifs is 2. The van der Waals surface area contributed by atoms with Gasteiger partial charge in [0.15, 0.2) is 17.4 Å². The zero-order valence-electron chi connectivity index (χ0n) is 22.0. The Morgan fingerprint density at radius 3 is 2.55 bits per heavy atom. The van der Waals surface area contributed by atoms with Crippen LogP contribution in [0.1, 0.15) is 58.8 Å². The largest absolute Gasteiger partial charge is 0.507 e. The van der Waals surface area contributed by atoms with E-state index in [0.29, 0.717) is 22.5 Å². The van der Waals surface area contributed by atoms with E-state index in [1.807, 2.05) is 0 Å². The molecule has 0 saturated heterocycles. The number of rotatable bonds is 6. The van der Waals surface area contributed by atoms with Gasteiger partial charge in [-0.05, 0) is 67.7 Å². The third-order valence-electron chi connectivity index (χ3n) is 8.77. The van der Waals surface area contributed by atoms with Gasteiger partial charge in [-0.3, -0.25) is 0 Å². The van der Waals surface area contributed by atoms with Gasteiger partial charge < -0.3 is 14.7 Å². The number of anilines is 1. The number of aromatic hydroxyl groups is 1. The van der Waals surface area contributed by atoms with E-state index in [1.54, 1.807) is 24.4 Å². The van der Waals surface area contributed by atoms with Crippen molar-refractivity contribution in [2.45, 2.75) is 77.0 Å². The van der Waals surface area contributed by atoms with Crippen molar-refractivity contribution < 1.29 is 18.6 Å². The summed E-state index contributed by atoms with van der Waals surface area (Å²) in [5.41, 5.74) is 1.50. The van der Waals surface area contributed by atoms with E-state index in [0.717, 1.165) is 44.9 Å². The molecule has 38 heavy (non-hydrogen) atoms. The molecule has 3 aliphatic carbocycles. The van der Waals surface area contributed by atoms with E-state index in [2.05, 4.69) is 38.9 Å². The van der Waals surface area contributed by atoms with Crippen LogP contribution in [-0.4, -0.2) is 50.6 Å². The van der Waals surface area contributed by atoms with Gasteiger partial charge in [0, 0.05) is 23.2 Å². The van der Waals surface area contributed by atoms with Crippen LogP contribution in [0.3, 0.4) is 0 Å².